The van der Waals surface area contributed by atoms with Crippen molar-refractivity contribution in [2.75, 3.05) is 41.4 Å². The summed E-state index contributed by atoms with van der Waals surface area (Å²) in [6, 6.07) is 2.85. The van der Waals surface area contributed by atoms with Crippen LogP contribution in [0, 0.1) is 0 Å². The number of hydrogen-bond donors (Lipinski definition) is 2. The largest absolute Gasteiger partial charge is 0.496 e. The second kappa shape index (κ2) is 7.49. The van der Waals surface area contributed by atoms with Crippen LogP contribution in [0.15, 0.2) is 12.1 Å². The standard InChI is InChI=1S/C14H21N3O4/c1-17(2)6-5-16-14(19)10-7-9(13(15)18)11(20-3)8-12(10)21-4/h7-8H,5-6H2,1-4H3,(H2,15,18)(H,16,19). The van der Waals surface area contributed by atoms with E-state index in [-0.39, 0.29) is 22.8 Å². The van der Waals surface area contributed by atoms with Crippen molar-refractivity contribution in [1.82, 2.24) is 10.2 Å². The quantitative estimate of drug-likeness (QED) is 0.744. The van der Waals surface area contributed by atoms with Gasteiger partial charge in [0.25, 0.3) is 11.8 Å². The summed E-state index contributed by atoms with van der Waals surface area (Å²) in [7, 11) is 6.67. The zero-order valence-electron chi connectivity index (χ0n) is 12.7. The van der Waals surface area contributed by atoms with E-state index in [0.29, 0.717) is 18.8 Å². The molecule has 0 heterocycles. The molecule has 1 aromatic rings. The van der Waals surface area contributed by atoms with E-state index < -0.39 is 5.91 Å². The third kappa shape index (κ3) is 4.35. The molecule has 0 aliphatic heterocycles. The van der Waals surface area contributed by atoms with Crippen LogP contribution in [0.2, 0.25) is 0 Å². The lowest BCUT2D eigenvalue weighted by atomic mass is 10.1. The van der Waals surface area contributed by atoms with Crippen LogP contribution in [0.1, 0.15) is 20.7 Å². The minimum atomic E-state index is -0.670. The highest BCUT2D eigenvalue weighted by Gasteiger charge is 2.19. The van der Waals surface area contributed by atoms with E-state index in [1.807, 2.05) is 19.0 Å². The lowest BCUT2D eigenvalue weighted by Crippen LogP contribution is -2.31. The van der Waals surface area contributed by atoms with Crippen molar-refractivity contribution in [3.8, 4) is 11.5 Å². The van der Waals surface area contributed by atoms with Crippen LogP contribution in [0.25, 0.3) is 0 Å². The Balaban J connectivity index is 3.06. The zero-order chi connectivity index (χ0) is 16.0. The Bertz CT molecular complexity index is 529. The number of rotatable bonds is 7. The molecule has 0 aromatic heterocycles. The third-order valence-corrected chi connectivity index (χ3v) is 2.88. The molecule has 1 rings (SSSR count). The number of primary amides is 1. The first-order valence-electron chi connectivity index (χ1n) is 6.39. The number of carbonyl (C=O) groups excluding carboxylic acids is 2. The van der Waals surface area contributed by atoms with Crippen molar-refractivity contribution >= 4 is 11.8 Å². The topological polar surface area (TPSA) is 93.9 Å². The van der Waals surface area contributed by atoms with Crippen molar-refractivity contribution in [2.45, 2.75) is 0 Å². The van der Waals surface area contributed by atoms with E-state index >= 15 is 0 Å². The van der Waals surface area contributed by atoms with Gasteiger partial charge in [0.1, 0.15) is 11.5 Å². The van der Waals surface area contributed by atoms with Gasteiger partial charge in [0.2, 0.25) is 0 Å². The predicted octanol–water partition coefficient (Wildman–Crippen LogP) is 0.0941. The van der Waals surface area contributed by atoms with Gasteiger partial charge in [0.15, 0.2) is 0 Å². The Hall–Kier alpha value is -2.28. The second-order valence-electron chi connectivity index (χ2n) is 4.68. The Morgan fingerprint density at radius 3 is 2.19 bits per heavy atom. The maximum atomic E-state index is 12.2. The van der Waals surface area contributed by atoms with Crippen LogP contribution in [0.4, 0.5) is 0 Å². The molecule has 0 saturated carbocycles. The molecule has 7 nitrogen and oxygen atoms in total. The molecule has 2 amide bonds. The minimum Gasteiger partial charge on any atom is -0.496 e. The van der Waals surface area contributed by atoms with E-state index in [2.05, 4.69) is 5.32 Å². The van der Waals surface area contributed by atoms with E-state index in [9.17, 15) is 9.59 Å². The number of ether oxygens (including phenoxy) is 2. The summed E-state index contributed by atoms with van der Waals surface area (Å²) in [6.45, 7) is 1.18. The third-order valence-electron chi connectivity index (χ3n) is 2.88. The lowest BCUT2D eigenvalue weighted by Gasteiger charge is -2.14. The van der Waals surface area contributed by atoms with Crippen LogP contribution < -0.4 is 20.5 Å². The van der Waals surface area contributed by atoms with Crippen LogP contribution in [-0.4, -0.2) is 58.1 Å². The van der Waals surface area contributed by atoms with Gasteiger partial charge in [-0.1, -0.05) is 0 Å². The fourth-order valence-corrected chi connectivity index (χ4v) is 1.76. The number of benzene rings is 1. The SMILES string of the molecule is COc1cc(OC)c(C(=O)NCCN(C)C)cc1C(N)=O. The maximum Gasteiger partial charge on any atom is 0.255 e. The molecule has 0 unspecified atom stereocenters. The average Bonchev–Trinajstić information content (AvgIpc) is 2.44. The fraction of sp³-hybridized carbons (Fsp3) is 0.429. The molecule has 0 aliphatic carbocycles. The summed E-state index contributed by atoms with van der Waals surface area (Å²) in [5.41, 5.74) is 5.67. The first kappa shape index (κ1) is 16.8. The number of amides is 2. The first-order chi connectivity index (χ1) is 9.90. The van der Waals surface area contributed by atoms with E-state index in [1.165, 1.54) is 26.4 Å². The summed E-state index contributed by atoms with van der Waals surface area (Å²) in [5.74, 6) is -0.418. The van der Waals surface area contributed by atoms with Gasteiger partial charge in [-0.3, -0.25) is 9.59 Å². The molecule has 0 fully saturated rings. The van der Waals surface area contributed by atoms with Crippen molar-refractivity contribution in [3.63, 3.8) is 0 Å². The van der Waals surface area contributed by atoms with Crippen molar-refractivity contribution in [1.29, 1.82) is 0 Å². The molecule has 0 atom stereocenters. The minimum absolute atomic E-state index is 0.135. The van der Waals surface area contributed by atoms with Gasteiger partial charge in [-0.2, -0.15) is 0 Å². The highest BCUT2D eigenvalue weighted by Crippen LogP contribution is 2.28. The van der Waals surface area contributed by atoms with Gasteiger partial charge in [-0.05, 0) is 20.2 Å². The number of hydrogen-bond acceptors (Lipinski definition) is 5. The summed E-state index contributed by atoms with van der Waals surface area (Å²) in [6.07, 6.45) is 0. The number of likely N-dealkylation sites (N-methyl/N-ethyl adjacent to an activating group) is 1. The van der Waals surface area contributed by atoms with Gasteiger partial charge < -0.3 is 25.4 Å². The molecular formula is C14H21N3O4. The maximum absolute atomic E-state index is 12.2. The smallest absolute Gasteiger partial charge is 0.255 e. The van der Waals surface area contributed by atoms with Crippen LogP contribution in [0.3, 0.4) is 0 Å². The van der Waals surface area contributed by atoms with E-state index in [4.69, 9.17) is 15.2 Å². The Kier molecular flexibility index (Phi) is 5.98. The van der Waals surface area contributed by atoms with Gasteiger partial charge in [0.05, 0.1) is 25.3 Å². The number of carbonyl (C=O) groups is 2. The Labute approximate surface area is 124 Å². The lowest BCUT2D eigenvalue weighted by molar-refractivity contribution is 0.0948. The number of nitrogens with one attached hydrogen (secondary N) is 1. The molecule has 0 bridgehead atoms. The monoisotopic (exact) mass is 295 g/mol. The molecule has 0 radical (unpaired) electrons. The second-order valence-corrected chi connectivity index (χ2v) is 4.68. The molecule has 0 aliphatic rings. The van der Waals surface area contributed by atoms with Crippen molar-refractivity contribution in [2.24, 2.45) is 5.73 Å². The summed E-state index contributed by atoms with van der Waals surface area (Å²) in [5, 5.41) is 2.76. The summed E-state index contributed by atoms with van der Waals surface area (Å²) in [4.78, 5) is 25.5. The predicted molar refractivity (Wildman–Crippen MR) is 79.0 cm³/mol. The molecule has 7 heteroatoms. The summed E-state index contributed by atoms with van der Waals surface area (Å²) >= 11 is 0. The molecular weight excluding hydrogens is 274 g/mol. The number of methoxy groups -OCH3 is 2. The van der Waals surface area contributed by atoms with Crippen LogP contribution >= 0.6 is 0 Å². The molecule has 116 valence electrons. The zero-order valence-corrected chi connectivity index (χ0v) is 12.7. The molecule has 0 saturated heterocycles. The number of nitrogens with two attached hydrogens (primary N) is 1. The Morgan fingerprint density at radius 1 is 1.14 bits per heavy atom. The normalized spacial score (nSPS) is 10.3. The summed E-state index contributed by atoms with van der Waals surface area (Å²) < 4.78 is 10.2. The molecule has 3 N–H and O–H groups in total. The van der Waals surface area contributed by atoms with Gasteiger partial charge in [-0.25, -0.2) is 0 Å². The average molecular weight is 295 g/mol. The van der Waals surface area contributed by atoms with E-state index in [0.717, 1.165) is 0 Å². The highest BCUT2D eigenvalue weighted by atomic mass is 16.5. The van der Waals surface area contributed by atoms with Crippen molar-refractivity contribution < 1.29 is 19.1 Å². The van der Waals surface area contributed by atoms with Gasteiger partial charge in [-0.15, -0.1) is 0 Å². The van der Waals surface area contributed by atoms with E-state index in [1.54, 1.807) is 0 Å². The van der Waals surface area contributed by atoms with Crippen LogP contribution in [-0.2, 0) is 0 Å². The molecule has 1 aromatic carbocycles. The first-order valence-corrected chi connectivity index (χ1v) is 6.39. The Morgan fingerprint density at radius 2 is 1.71 bits per heavy atom. The fourth-order valence-electron chi connectivity index (χ4n) is 1.76. The van der Waals surface area contributed by atoms with Gasteiger partial charge >= 0.3 is 0 Å². The van der Waals surface area contributed by atoms with Crippen molar-refractivity contribution in [3.05, 3.63) is 23.3 Å². The molecule has 0 spiro atoms. The van der Waals surface area contributed by atoms with Crippen LogP contribution in [0.5, 0.6) is 11.5 Å². The van der Waals surface area contributed by atoms with Gasteiger partial charge in [0, 0.05) is 19.2 Å². The molecule has 21 heavy (non-hydrogen) atoms. The highest BCUT2D eigenvalue weighted by molar-refractivity contribution is 6.02. The number of nitrogens with zero attached hydrogens (tertiary/aromatic N) is 1.